The van der Waals surface area contributed by atoms with Crippen LogP contribution in [0.5, 0.6) is 11.5 Å². The van der Waals surface area contributed by atoms with Crippen molar-refractivity contribution in [2.75, 3.05) is 33.9 Å². The Bertz CT molecular complexity index is 381. The summed E-state index contributed by atoms with van der Waals surface area (Å²) >= 11 is 0. The van der Waals surface area contributed by atoms with Gasteiger partial charge in [-0.1, -0.05) is 6.42 Å². The van der Waals surface area contributed by atoms with Crippen molar-refractivity contribution in [1.29, 1.82) is 0 Å². The molecule has 4 heteroatoms. The molecule has 1 fully saturated rings. The molecular formula is C15H24N2O2. The first-order chi connectivity index (χ1) is 9.28. The first kappa shape index (κ1) is 14.2. The van der Waals surface area contributed by atoms with Crippen molar-refractivity contribution in [3.05, 3.63) is 23.8 Å². The summed E-state index contributed by atoms with van der Waals surface area (Å²) in [6, 6.07) is 6.28. The second kappa shape index (κ2) is 6.78. The summed E-state index contributed by atoms with van der Waals surface area (Å²) in [6.07, 6.45) is 3.85. The van der Waals surface area contributed by atoms with Gasteiger partial charge in [0.25, 0.3) is 0 Å². The number of nitrogens with zero attached hydrogens (tertiary/aromatic N) is 1. The molecule has 0 aromatic heterocycles. The predicted molar refractivity (Wildman–Crippen MR) is 76.8 cm³/mol. The fourth-order valence-corrected chi connectivity index (χ4v) is 2.75. The number of hydrogen-bond donors (Lipinski definition) is 1. The van der Waals surface area contributed by atoms with E-state index in [0.29, 0.717) is 6.54 Å². The zero-order valence-electron chi connectivity index (χ0n) is 11.9. The van der Waals surface area contributed by atoms with E-state index in [1.807, 2.05) is 6.07 Å². The van der Waals surface area contributed by atoms with Gasteiger partial charge in [-0.05, 0) is 43.6 Å². The van der Waals surface area contributed by atoms with Gasteiger partial charge in [0.1, 0.15) is 11.5 Å². The number of methoxy groups -OCH3 is 2. The first-order valence-corrected chi connectivity index (χ1v) is 6.95. The van der Waals surface area contributed by atoms with Crippen LogP contribution in [0.15, 0.2) is 18.2 Å². The van der Waals surface area contributed by atoms with E-state index in [-0.39, 0.29) is 6.04 Å². The van der Waals surface area contributed by atoms with Crippen molar-refractivity contribution in [2.24, 2.45) is 5.73 Å². The molecule has 1 atom stereocenters. The van der Waals surface area contributed by atoms with E-state index in [1.54, 1.807) is 14.2 Å². The van der Waals surface area contributed by atoms with Crippen LogP contribution in [0.2, 0.25) is 0 Å². The van der Waals surface area contributed by atoms with E-state index in [2.05, 4.69) is 17.0 Å². The zero-order chi connectivity index (χ0) is 13.7. The lowest BCUT2D eigenvalue weighted by Crippen LogP contribution is -2.37. The van der Waals surface area contributed by atoms with Gasteiger partial charge < -0.3 is 15.2 Å². The van der Waals surface area contributed by atoms with E-state index in [1.165, 1.54) is 24.8 Å². The Balaban J connectivity index is 2.25. The second-order valence-electron chi connectivity index (χ2n) is 4.99. The highest BCUT2D eigenvalue weighted by Crippen LogP contribution is 2.30. The topological polar surface area (TPSA) is 47.7 Å². The summed E-state index contributed by atoms with van der Waals surface area (Å²) in [5, 5.41) is 0. The van der Waals surface area contributed by atoms with E-state index >= 15 is 0 Å². The molecule has 1 aliphatic heterocycles. The average molecular weight is 264 g/mol. The third-order valence-corrected chi connectivity index (χ3v) is 3.81. The number of likely N-dealkylation sites (tertiary alicyclic amines) is 1. The molecule has 2 N–H and O–H groups in total. The normalized spacial score (nSPS) is 18.1. The summed E-state index contributed by atoms with van der Waals surface area (Å²) < 4.78 is 10.7. The van der Waals surface area contributed by atoms with Gasteiger partial charge in [0.05, 0.1) is 14.2 Å². The average Bonchev–Trinajstić information content (AvgIpc) is 2.48. The van der Waals surface area contributed by atoms with Crippen molar-refractivity contribution in [2.45, 2.75) is 25.3 Å². The maximum absolute atomic E-state index is 6.00. The molecule has 1 aliphatic rings. The molecule has 0 saturated carbocycles. The van der Waals surface area contributed by atoms with Crippen LogP contribution in [0.25, 0.3) is 0 Å². The lowest BCUT2D eigenvalue weighted by Gasteiger charge is -2.34. The van der Waals surface area contributed by atoms with Crippen LogP contribution >= 0.6 is 0 Å². The van der Waals surface area contributed by atoms with Crippen molar-refractivity contribution < 1.29 is 9.47 Å². The molecule has 1 aromatic carbocycles. The molecule has 1 aromatic rings. The smallest absolute Gasteiger partial charge is 0.122 e. The molecule has 0 aliphatic carbocycles. The van der Waals surface area contributed by atoms with E-state index in [4.69, 9.17) is 15.2 Å². The minimum absolute atomic E-state index is 0.254. The van der Waals surface area contributed by atoms with Gasteiger partial charge in [-0.2, -0.15) is 0 Å². The molecule has 0 spiro atoms. The van der Waals surface area contributed by atoms with Gasteiger partial charge in [-0.3, -0.25) is 4.90 Å². The van der Waals surface area contributed by atoms with Crippen LogP contribution in [0.3, 0.4) is 0 Å². The Morgan fingerprint density at radius 2 is 1.63 bits per heavy atom. The third-order valence-electron chi connectivity index (χ3n) is 3.81. The number of nitrogens with two attached hydrogens (primary N) is 1. The van der Waals surface area contributed by atoms with Gasteiger partial charge in [0.2, 0.25) is 0 Å². The minimum Gasteiger partial charge on any atom is -0.497 e. The molecular weight excluding hydrogens is 240 g/mol. The summed E-state index contributed by atoms with van der Waals surface area (Å²) in [7, 11) is 3.35. The molecule has 1 heterocycles. The summed E-state index contributed by atoms with van der Waals surface area (Å²) in [4.78, 5) is 2.47. The summed E-state index contributed by atoms with van der Waals surface area (Å²) in [5.41, 5.74) is 7.18. The Hall–Kier alpha value is -1.26. The highest BCUT2D eigenvalue weighted by atomic mass is 16.5. The fourth-order valence-electron chi connectivity index (χ4n) is 2.75. The Labute approximate surface area is 115 Å². The highest BCUT2D eigenvalue weighted by molar-refractivity contribution is 5.40. The molecule has 0 radical (unpaired) electrons. The standard InChI is InChI=1S/C15H24N2O2/c1-18-13-8-12(9-14(10-13)19-2)15(11-16)17-6-4-3-5-7-17/h8-10,15H,3-7,11,16H2,1-2H3/t15-/m1/s1. The molecule has 2 rings (SSSR count). The third kappa shape index (κ3) is 3.39. The summed E-state index contributed by atoms with van der Waals surface area (Å²) in [6.45, 7) is 2.87. The quantitative estimate of drug-likeness (QED) is 0.885. The van der Waals surface area contributed by atoms with E-state index in [0.717, 1.165) is 24.6 Å². The number of piperidine rings is 1. The van der Waals surface area contributed by atoms with Gasteiger partial charge in [0, 0.05) is 18.7 Å². The Kier molecular flexibility index (Phi) is 5.05. The predicted octanol–water partition coefficient (Wildman–Crippen LogP) is 2.19. The lowest BCUT2D eigenvalue weighted by atomic mass is 10.0. The van der Waals surface area contributed by atoms with Gasteiger partial charge in [0.15, 0.2) is 0 Å². The maximum Gasteiger partial charge on any atom is 0.122 e. The zero-order valence-corrected chi connectivity index (χ0v) is 11.9. The van der Waals surface area contributed by atoms with Crippen molar-refractivity contribution >= 4 is 0 Å². The lowest BCUT2D eigenvalue weighted by molar-refractivity contribution is 0.167. The van der Waals surface area contributed by atoms with E-state index in [9.17, 15) is 0 Å². The number of rotatable bonds is 5. The van der Waals surface area contributed by atoms with Crippen LogP contribution in [0.1, 0.15) is 30.9 Å². The Morgan fingerprint density at radius 3 is 2.11 bits per heavy atom. The molecule has 0 unspecified atom stereocenters. The molecule has 19 heavy (non-hydrogen) atoms. The first-order valence-electron chi connectivity index (χ1n) is 6.95. The highest BCUT2D eigenvalue weighted by Gasteiger charge is 2.22. The monoisotopic (exact) mass is 264 g/mol. The summed E-state index contributed by atoms with van der Waals surface area (Å²) in [5.74, 6) is 1.65. The number of benzene rings is 1. The van der Waals surface area contributed by atoms with Crippen molar-refractivity contribution in [3.8, 4) is 11.5 Å². The van der Waals surface area contributed by atoms with Crippen molar-refractivity contribution in [3.63, 3.8) is 0 Å². The van der Waals surface area contributed by atoms with Gasteiger partial charge in [-0.25, -0.2) is 0 Å². The maximum atomic E-state index is 6.00. The van der Waals surface area contributed by atoms with Crippen LogP contribution in [-0.2, 0) is 0 Å². The largest absolute Gasteiger partial charge is 0.497 e. The molecule has 106 valence electrons. The van der Waals surface area contributed by atoms with Crippen LogP contribution in [0.4, 0.5) is 0 Å². The van der Waals surface area contributed by atoms with Gasteiger partial charge >= 0.3 is 0 Å². The van der Waals surface area contributed by atoms with Crippen LogP contribution in [-0.4, -0.2) is 38.8 Å². The SMILES string of the molecule is COc1cc(OC)cc([C@@H](CN)N2CCCCC2)c1. The fraction of sp³-hybridized carbons (Fsp3) is 0.600. The molecule has 0 amide bonds. The Morgan fingerprint density at radius 1 is 1.05 bits per heavy atom. The van der Waals surface area contributed by atoms with Crippen LogP contribution in [0, 0.1) is 0 Å². The number of hydrogen-bond acceptors (Lipinski definition) is 4. The molecule has 4 nitrogen and oxygen atoms in total. The van der Waals surface area contributed by atoms with Gasteiger partial charge in [-0.15, -0.1) is 0 Å². The minimum atomic E-state index is 0.254. The number of ether oxygens (including phenoxy) is 2. The van der Waals surface area contributed by atoms with Crippen molar-refractivity contribution in [1.82, 2.24) is 4.90 Å². The second-order valence-corrected chi connectivity index (χ2v) is 4.99. The van der Waals surface area contributed by atoms with Crippen LogP contribution < -0.4 is 15.2 Å². The molecule has 1 saturated heterocycles. The van der Waals surface area contributed by atoms with E-state index < -0.39 is 0 Å². The molecule has 0 bridgehead atoms.